The maximum atomic E-state index is 10.0. The standard InChI is InChI=1S/C20H22ClN5/c1-4-6-11-26-17-10-8-7-9-16(17)25(5-2)19(26)15(12-22)18-14(3)13-23-20(21)24-18/h7-10,13H,4-6,11H2,1-3H3/b19-15-. The van der Waals surface area contributed by atoms with Crippen LogP contribution in [0.1, 0.15) is 37.9 Å². The number of unbranched alkanes of at least 4 members (excludes halogenated alkanes) is 1. The van der Waals surface area contributed by atoms with Gasteiger partial charge in [-0.25, -0.2) is 9.97 Å². The number of allylic oxidation sites excluding steroid dienone is 1. The molecular formula is C20H22ClN5. The van der Waals surface area contributed by atoms with E-state index in [1.807, 2.05) is 19.1 Å². The molecule has 0 saturated carbocycles. The summed E-state index contributed by atoms with van der Waals surface area (Å²) in [6, 6.07) is 10.6. The molecule has 0 radical (unpaired) electrons. The zero-order valence-corrected chi connectivity index (χ0v) is 16.1. The minimum Gasteiger partial charge on any atom is -0.325 e. The lowest BCUT2D eigenvalue weighted by Gasteiger charge is -2.26. The third-order valence-electron chi connectivity index (χ3n) is 4.54. The van der Waals surface area contributed by atoms with E-state index in [0.29, 0.717) is 11.3 Å². The molecule has 0 unspecified atom stereocenters. The van der Waals surface area contributed by atoms with Crippen molar-refractivity contribution in [2.75, 3.05) is 22.9 Å². The van der Waals surface area contributed by atoms with Crippen molar-refractivity contribution in [3.8, 4) is 6.07 Å². The van der Waals surface area contributed by atoms with Crippen molar-refractivity contribution in [3.63, 3.8) is 0 Å². The van der Waals surface area contributed by atoms with Gasteiger partial charge in [-0.2, -0.15) is 5.26 Å². The average Bonchev–Trinajstić information content (AvgIpc) is 2.97. The Hall–Kier alpha value is -2.58. The largest absolute Gasteiger partial charge is 0.325 e. The van der Waals surface area contributed by atoms with Crippen LogP contribution in [0.5, 0.6) is 0 Å². The van der Waals surface area contributed by atoms with Gasteiger partial charge in [0, 0.05) is 19.3 Å². The van der Waals surface area contributed by atoms with Crippen molar-refractivity contribution in [3.05, 3.63) is 52.8 Å². The third kappa shape index (κ3) is 3.13. The number of aromatic nitrogens is 2. The number of anilines is 2. The average molecular weight is 368 g/mol. The van der Waals surface area contributed by atoms with E-state index >= 15 is 0 Å². The number of nitriles is 1. The van der Waals surface area contributed by atoms with E-state index in [2.05, 4.69) is 51.8 Å². The van der Waals surface area contributed by atoms with Gasteiger partial charge in [-0.1, -0.05) is 25.5 Å². The van der Waals surface area contributed by atoms with Crippen LogP contribution in [-0.4, -0.2) is 23.1 Å². The molecule has 2 aromatic rings. The van der Waals surface area contributed by atoms with Crippen molar-refractivity contribution in [2.24, 2.45) is 0 Å². The highest BCUT2D eigenvalue weighted by Gasteiger charge is 2.33. The number of para-hydroxylation sites is 2. The minimum atomic E-state index is 0.151. The number of rotatable bonds is 5. The number of benzene rings is 1. The van der Waals surface area contributed by atoms with E-state index in [4.69, 9.17) is 11.6 Å². The highest BCUT2D eigenvalue weighted by molar-refractivity contribution is 6.28. The monoisotopic (exact) mass is 367 g/mol. The summed E-state index contributed by atoms with van der Waals surface area (Å²) < 4.78 is 0. The Kier molecular flexibility index (Phi) is 5.43. The highest BCUT2D eigenvalue weighted by atomic mass is 35.5. The summed E-state index contributed by atoms with van der Waals surface area (Å²) in [5, 5.41) is 10.2. The molecule has 1 aromatic heterocycles. The van der Waals surface area contributed by atoms with E-state index in [0.717, 1.165) is 48.7 Å². The zero-order valence-electron chi connectivity index (χ0n) is 15.3. The number of nitrogens with zero attached hydrogens (tertiary/aromatic N) is 5. The van der Waals surface area contributed by atoms with E-state index in [1.165, 1.54) is 0 Å². The fourth-order valence-electron chi connectivity index (χ4n) is 3.31. The van der Waals surface area contributed by atoms with Crippen LogP contribution >= 0.6 is 11.6 Å². The van der Waals surface area contributed by atoms with Gasteiger partial charge in [0.15, 0.2) is 0 Å². The second kappa shape index (κ2) is 7.76. The molecule has 6 heteroatoms. The zero-order chi connectivity index (χ0) is 18.7. The fourth-order valence-corrected chi connectivity index (χ4v) is 3.44. The van der Waals surface area contributed by atoms with Gasteiger partial charge >= 0.3 is 0 Å². The molecule has 134 valence electrons. The Bertz CT molecular complexity index is 884. The summed E-state index contributed by atoms with van der Waals surface area (Å²) in [7, 11) is 0. The molecule has 0 bridgehead atoms. The third-order valence-corrected chi connectivity index (χ3v) is 4.72. The van der Waals surface area contributed by atoms with Gasteiger partial charge in [0.2, 0.25) is 5.28 Å². The summed E-state index contributed by atoms with van der Waals surface area (Å²) >= 11 is 6.02. The maximum Gasteiger partial charge on any atom is 0.222 e. The number of hydrogen-bond donors (Lipinski definition) is 0. The number of halogens is 1. The minimum absolute atomic E-state index is 0.151. The molecule has 26 heavy (non-hydrogen) atoms. The number of fused-ring (bicyclic) bond motifs is 1. The van der Waals surface area contributed by atoms with Gasteiger partial charge in [0.25, 0.3) is 0 Å². The van der Waals surface area contributed by atoms with E-state index in [1.54, 1.807) is 6.20 Å². The van der Waals surface area contributed by atoms with E-state index in [9.17, 15) is 5.26 Å². The van der Waals surface area contributed by atoms with Crippen LogP contribution in [0.2, 0.25) is 5.28 Å². The summed E-state index contributed by atoms with van der Waals surface area (Å²) in [6.45, 7) is 7.77. The lowest BCUT2D eigenvalue weighted by Crippen LogP contribution is -2.30. The second-order valence-electron chi connectivity index (χ2n) is 6.22. The molecule has 0 N–H and O–H groups in total. The smallest absolute Gasteiger partial charge is 0.222 e. The molecule has 0 saturated heterocycles. The predicted molar refractivity (Wildman–Crippen MR) is 106 cm³/mol. The molecule has 3 rings (SSSR count). The van der Waals surface area contributed by atoms with Crippen LogP contribution in [0.15, 0.2) is 36.3 Å². The first-order valence-corrected chi connectivity index (χ1v) is 9.28. The van der Waals surface area contributed by atoms with Crippen LogP contribution in [0, 0.1) is 18.3 Å². The molecule has 1 aliphatic heterocycles. The first kappa shape index (κ1) is 18.2. The lowest BCUT2D eigenvalue weighted by atomic mass is 10.1. The summed E-state index contributed by atoms with van der Waals surface area (Å²) in [5.41, 5.74) is 4.20. The van der Waals surface area contributed by atoms with Gasteiger partial charge in [-0.15, -0.1) is 0 Å². The topological polar surface area (TPSA) is 56.1 Å². The summed E-state index contributed by atoms with van der Waals surface area (Å²) in [5.74, 6) is 0.877. The van der Waals surface area contributed by atoms with Crippen LogP contribution in [0.25, 0.3) is 5.57 Å². The van der Waals surface area contributed by atoms with Gasteiger partial charge in [-0.05, 0) is 49.6 Å². The van der Waals surface area contributed by atoms with Crippen molar-refractivity contribution >= 4 is 28.5 Å². The maximum absolute atomic E-state index is 10.0. The van der Waals surface area contributed by atoms with Crippen molar-refractivity contribution in [2.45, 2.75) is 33.6 Å². The van der Waals surface area contributed by atoms with Gasteiger partial charge < -0.3 is 9.80 Å². The van der Waals surface area contributed by atoms with Crippen LogP contribution in [-0.2, 0) is 0 Å². The van der Waals surface area contributed by atoms with E-state index < -0.39 is 0 Å². The molecule has 0 fully saturated rings. The number of hydrogen-bond acceptors (Lipinski definition) is 5. The van der Waals surface area contributed by atoms with Crippen molar-refractivity contribution < 1.29 is 0 Å². The van der Waals surface area contributed by atoms with Crippen LogP contribution in [0.3, 0.4) is 0 Å². The Morgan fingerprint density at radius 1 is 1.19 bits per heavy atom. The van der Waals surface area contributed by atoms with Crippen molar-refractivity contribution in [1.29, 1.82) is 5.26 Å². The highest BCUT2D eigenvalue weighted by Crippen LogP contribution is 2.44. The SMILES string of the molecule is CCCCN1/C(=C(/C#N)c2nc(Cl)ncc2C)N(CC)c2ccccc21. The van der Waals surface area contributed by atoms with Crippen LogP contribution < -0.4 is 9.80 Å². The Morgan fingerprint density at radius 2 is 1.88 bits per heavy atom. The van der Waals surface area contributed by atoms with Crippen molar-refractivity contribution in [1.82, 2.24) is 9.97 Å². The second-order valence-corrected chi connectivity index (χ2v) is 6.56. The molecule has 0 aliphatic carbocycles. The Labute approximate surface area is 159 Å². The molecular weight excluding hydrogens is 346 g/mol. The normalized spacial score (nSPS) is 15.0. The fraction of sp³-hybridized carbons (Fsp3) is 0.350. The summed E-state index contributed by atoms with van der Waals surface area (Å²) in [4.78, 5) is 12.8. The van der Waals surface area contributed by atoms with Crippen LogP contribution in [0.4, 0.5) is 11.4 Å². The Morgan fingerprint density at radius 3 is 2.50 bits per heavy atom. The quantitative estimate of drug-likeness (QED) is 0.562. The molecule has 0 atom stereocenters. The molecule has 1 aromatic carbocycles. The molecule has 5 nitrogen and oxygen atoms in total. The van der Waals surface area contributed by atoms with Gasteiger partial charge in [-0.3, -0.25) is 0 Å². The predicted octanol–water partition coefficient (Wildman–Crippen LogP) is 4.78. The first-order valence-electron chi connectivity index (χ1n) is 8.90. The van der Waals surface area contributed by atoms with Gasteiger partial charge in [0.05, 0.1) is 17.1 Å². The van der Waals surface area contributed by atoms with Gasteiger partial charge in [0.1, 0.15) is 17.5 Å². The summed E-state index contributed by atoms with van der Waals surface area (Å²) in [6.07, 6.45) is 3.78. The molecule has 1 aliphatic rings. The van der Waals surface area contributed by atoms with E-state index in [-0.39, 0.29) is 5.28 Å². The first-order chi connectivity index (χ1) is 12.6. The molecule has 0 amide bonds. The number of aryl methyl sites for hydroxylation is 1. The lowest BCUT2D eigenvalue weighted by molar-refractivity contribution is 0.763. The molecule has 2 heterocycles. The Balaban J connectivity index is 2.25. The molecule has 0 spiro atoms.